The summed E-state index contributed by atoms with van der Waals surface area (Å²) >= 11 is 0. The standard InChI is InChI=1S/C24H29N5O2/c1-14-8-17(4-7-19(14)23(30)28-18-5-6-18)20-13-26-29-21(9-15(2)27-22(20)29)25-12-16-10-24(3,31)11-16/h4,7-9,13,16,18,25,31H,5-6,10-12H2,1-3H3,(H,28,30)/t16-,24-. The quantitative estimate of drug-likeness (QED) is 0.569. The Morgan fingerprint density at radius 2 is 2.03 bits per heavy atom. The number of aromatic nitrogens is 3. The van der Waals surface area contributed by atoms with Gasteiger partial charge in [-0.1, -0.05) is 12.1 Å². The first-order chi connectivity index (χ1) is 14.8. The van der Waals surface area contributed by atoms with Crippen molar-refractivity contribution >= 4 is 17.4 Å². The van der Waals surface area contributed by atoms with Gasteiger partial charge < -0.3 is 15.7 Å². The summed E-state index contributed by atoms with van der Waals surface area (Å²) in [4.78, 5) is 17.2. The second-order valence-electron chi connectivity index (χ2n) is 9.51. The van der Waals surface area contributed by atoms with E-state index >= 15 is 0 Å². The molecule has 3 aromatic rings. The molecule has 0 unspecified atom stereocenters. The topological polar surface area (TPSA) is 91.5 Å². The molecular formula is C24H29N5O2. The molecule has 0 radical (unpaired) electrons. The minimum Gasteiger partial charge on any atom is -0.390 e. The second-order valence-corrected chi connectivity index (χ2v) is 9.51. The number of nitrogens with zero attached hydrogens (tertiary/aromatic N) is 3. The summed E-state index contributed by atoms with van der Waals surface area (Å²) in [7, 11) is 0. The van der Waals surface area contributed by atoms with Gasteiger partial charge in [0.05, 0.1) is 11.8 Å². The molecule has 1 amide bonds. The lowest BCUT2D eigenvalue weighted by Gasteiger charge is -2.41. The molecule has 7 nitrogen and oxygen atoms in total. The van der Waals surface area contributed by atoms with Crippen LogP contribution < -0.4 is 10.6 Å². The van der Waals surface area contributed by atoms with Crippen LogP contribution in [0.3, 0.4) is 0 Å². The number of aliphatic hydroxyl groups is 1. The molecule has 5 rings (SSSR count). The fraction of sp³-hybridized carbons (Fsp3) is 0.458. The SMILES string of the molecule is Cc1cc(NC[C@H]2C[C@](C)(O)C2)n2ncc(-c3ccc(C(=O)NC4CC4)c(C)c3)c2n1. The van der Waals surface area contributed by atoms with Gasteiger partial charge in [-0.25, -0.2) is 4.98 Å². The molecule has 2 aliphatic rings. The smallest absolute Gasteiger partial charge is 0.251 e. The Bertz CT molecular complexity index is 1150. The van der Waals surface area contributed by atoms with Crippen molar-refractivity contribution in [3.63, 3.8) is 0 Å². The Hall–Kier alpha value is -2.93. The van der Waals surface area contributed by atoms with Crippen LogP contribution in [0, 0.1) is 19.8 Å². The van der Waals surface area contributed by atoms with Gasteiger partial charge in [0, 0.05) is 35.5 Å². The first kappa shape index (κ1) is 20.0. The van der Waals surface area contributed by atoms with E-state index in [-0.39, 0.29) is 5.91 Å². The molecule has 3 N–H and O–H groups in total. The molecule has 0 saturated heterocycles. The molecule has 1 aromatic carbocycles. The third kappa shape index (κ3) is 4.02. The Balaban J connectivity index is 1.41. The number of fused-ring (bicyclic) bond motifs is 1. The van der Waals surface area contributed by atoms with Gasteiger partial charge in [0.2, 0.25) is 0 Å². The van der Waals surface area contributed by atoms with Crippen molar-refractivity contribution in [1.29, 1.82) is 0 Å². The maximum Gasteiger partial charge on any atom is 0.251 e. The van der Waals surface area contributed by atoms with Crippen molar-refractivity contribution in [2.45, 2.75) is 58.1 Å². The van der Waals surface area contributed by atoms with Crippen LogP contribution in [0.15, 0.2) is 30.5 Å². The van der Waals surface area contributed by atoms with Gasteiger partial charge >= 0.3 is 0 Å². The third-order valence-corrected chi connectivity index (χ3v) is 6.32. The summed E-state index contributed by atoms with van der Waals surface area (Å²) in [6.45, 7) is 6.64. The number of nitrogens with one attached hydrogen (secondary N) is 2. The third-order valence-electron chi connectivity index (χ3n) is 6.32. The van der Waals surface area contributed by atoms with Crippen LogP contribution in [0.2, 0.25) is 0 Å². The zero-order valence-corrected chi connectivity index (χ0v) is 18.3. The average Bonchev–Trinajstić information content (AvgIpc) is 3.40. The maximum atomic E-state index is 12.4. The van der Waals surface area contributed by atoms with Gasteiger partial charge in [0.25, 0.3) is 5.91 Å². The molecule has 2 aromatic heterocycles. The van der Waals surface area contributed by atoms with E-state index in [1.165, 1.54) is 0 Å². The minimum absolute atomic E-state index is 0.00171. The first-order valence-corrected chi connectivity index (χ1v) is 11.0. The highest BCUT2D eigenvalue weighted by atomic mass is 16.3. The Morgan fingerprint density at radius 1 is 1.26 bits per heavy atom. The molecule has 2 fully saturated rings. The number of rotatable bonds is 6. The van der Waals surface area contributed by atoms with E-state index in [1.807, 2.05) is 55.7 Å². The summed E-state index contributed by atoms with van der Waals surface area (Å²) in [6, 6.07) is 8.24. The summed E-state index contributed by atoms with van der Waals surface area (Å²) in [5, 5.41) is 21.1. The van der Waals surface area contributed by atoms with Gasteiger partial charge in [-0.15, -0.1) is 0 Å². The molecule has 2 heterocycles. The predicted molar refractivity (Wildman–Crippen MR) is 120 cm³/mol. The van der Waals surface area contributed by atoms with Crippen molar-refractivity contribution in [3.8, 4) is 11.1 Å². The predicted octanol–water partition coefficient (Wildman–Crippen LogP) is 3.48. The van der Waals surface area contributed by atoms with Crippen LogP contribution in [0.4, 0.5) is 5.82 Å². The van der Waals surface area contributed by atoms with Gasteiger partial charge in [0.15, 0.2) is 5.65 Å². The van der Waals surface area contributed by atoms with Gasteiger partial charge in [-0.2, -0.15) is 9.61 Å². The van der Waals surface area contributed by atoms with E-state index in [9.17, 15) is 9.90 Å². The van der Waals surface area contributed by atoms with Gasteiger partial charge in [-0.3, -0.25) is 4.79 Å². The van der Waals surface area contributed by atoms with E-state index in [1.54, 1.807) is 0 Å². The lowest BCUT2D eigenvalue weighted by Crippen LogP contribution is -2.43. The van der Waals surface area contributed by atoms with Crippen molar-refractivity contribution in [1.82, 2.24) is 19.9 Å². The molecule has 162 valence electrons. The van der Waals surface area contributed by atoms with Crippen LogP contribution >= 0.6 is 0 Å². The van der Waals surface area contributed by atoms with Gasteiger partial charge in [-0.05, 0) is 69.6 Å². The van der Waals surface area contributed by atoms with Crippen molar-refractivity contribution in [2.24, 2.45) is 5.92 Å². The van der Waals surface area contributed by atoms with Crippen molar-refractivity contribution < 1.29 is 9.90 Å². The largest absolute Gasteiger partial charge is 0.390 e. The zero-order valence-electron chi connectivity index (χ0n) is 18.3. The number of amides is 1. The highest BCUT2D eigenvalue weighted by Gasteiger charge is 2.38. The number of carbonyl (C=O) groups excluding carboxylic acids is 1. The minimum atomic E-state index is -0.520. The van der Waals surface area contributed by atoms with Gasteiger partial charge in [0.1, 0.15) is 5.82 Å². The van der Waals surface area contributed by atoms with E-state index in [0.717, 1.165) is 71.6 Å². The lowest BCUT2D eigenvalue weighted by atomic mass is 9.72. The number of aryl methyl sites for hydroxylation is 2. The Kier molecular flexibility index (Phi) is 4.73. The Labute approximate surface area is 181 Å². The van der Waals surface area contributed by atoms with Crippen molar-refractivity contribution in [3.05, 3.63) is 47.3 Å². The average molecular weight is 420 g/mol. The number of hydrogen-bond acceptors (Lipinski definition) is 5. The fourth-order valence-corrected chi connectivity index (χ4v) is 4.57. The normalized spacial score (nSPS) is 22.9. The van der Waals surface area contributed by atoms with Crippen LogP contribution in [0.1, 0.15) is 54.2 Å². The molecule has 0 atom stereocenters. The number of hydrogen-bond donors (Lipinski definition) is 3. The number of anilines is 1. The van der Waals surface area contributed by atoms with E-state index in [4.69, 9.17) is 4.98 Å². The molecule has 0 bridgehead atoms. The summed E-state index contributed by atoms with van der Waals surface area (Å²) in [5.74, 6) is 1.37. The number of benzene rings is 1. The molecule has 31 heavy (non-hydrogen) atoms. The van der Waals surface area contributed by atoms with Crippen LogP contribution in [0.5, 0.6) is 0 Å². The summed E-state index contributed by atoms with van der Waals surface area (Å²) in [5.41, 5.74) is 4.78. The molecule has 0 spiro atoms. The molecule has 2 aliphatic carbocycles. The van der Waals surface area contributed by atoms with Crippen molar-refractivity contribution in [2.75, 3.05) is 11.9 Å². The van der Waals surface area contributed by atoms with Crippen LogP contribution in [-0.2, 0) is 0 Å². The lowest BCUT2D eigenvalue weighted by molar-refractivity contribution is -0.0524. The van der Waals surface area contributed by atoms with Crippen LogP contribution in [0.25, 0.3) is 16.8 Å². The monoisotopic (exact) mass is 419 g/mol. The fourth-order valence-electron chi connectivity index (χ4n) is 4.57. The second kappa shape index (κ2) is 7.34. The summed E-state index contributed by atoms with van der Waals surface area (Å²) < 4.78 is 1.84. The maximum absolute atomic E-state index is 12.4. The van der Waals surface area contributed by atoms with E-state index in [2.05, 4.69) is 15.7 Å². The zero-order chi connectivity index (χ0) is 21.8. The Morgan fingerprint density at radius 3 is 2.71 bits per heavy atom. The molecule has 2 saturated carbocycles. The highest BCUT2D eigenvalue weighted by molar-refractivity contribution is 5.97. The molecular weight excluding hydrogens is 390 g/mol. The van der Waals surface area contributed by atoms with E-state index < -0.39 is 5.60 Å². The van der Waals surface area contributed by atoms with Crippen LogP contribution in [-0.4, -0.2) is 43.8 Å². The molecule has 0 aliphatic heterocycles. The van der Waals surface area contributed by atoms with E-state index in [0.29, 0.717) is 12.0 Å². The highest BCUT2D eigenvalue weighted by Crippen LogP contribution is 2.37. The first-order valence-electron chi connectivity index (χ1n) is 11.0. The molecule has 7 heteroatoms. The number of carbonyl (C=O) groups is 1. The summed E-state index contributed by atoms with van der Waals surface area (Å²) in [6.07, 6.45) is 5.62.